The molecule has 0 unspecified atom stereocenters. The van der Waals surface area contributed by atoms with Gasteiger partial charge in [0.25, 0.3) is 5.91 Å². The first-order valence-electron chi connectivity index (χ1n) is 6.19. The molecule has 0 radical (unpaired) electrons. The van der Waals surface area contributed by atoms with Gasteiger partial charge in [-0.1, -0.05) is 17.3 Å². The summed E-state index contributed by atoms with van der Waals surface area (Å²) in [4.78, 5) is 13.5. The van der Waals surface area contributed by atoms with Crippen molar-refractivity contribution in [1.82, 2.24) is 10.1 Å². The molecular weight excluding hydrogens is 258 g/mol. The highest BCUT2D eigenvalue weighted by molar-refractivity contribution is 5.77. The number of hydrogen-bond acceptors (Lipinski definition) is 5. The van der Waals surface area contributed by atoms with Crippen LogP contribution in [0.1, 0.15) is 11.5 Å². The Hall–Kier alpha value is -2.50. The molecule has 2 aromatic rings. The number of nitrogens with two attached hydrogens (primary N) is 1. The lowest BCUT2D eigenvalue weighted by Gasteiger charge is -2.16. The number of anilines is 1. The van der Waals surface area contributed by atoms with Crippen molar-refractivity contribution in [2.24, 2.45) is 0 Å². The smallest absolute Gasteiger partial charge is 0.260 e. The van der Waals surface area contributed by atoms with Gasteiger partial charge in [0.2, 0.25) is 0 Å². The number of carbonyl (C=O) groups is 1. The van der Waals surface area contributed by atoms with E-state index in [-0.39, 0.29) is 12.5 Å². The second-order valence-corrected chi connectivity index (χ2v) is 4.51. The second-order valence-electron chi connectivity index (χ2n) is 4.51. The minimum absolute atomic E-state index is 0.0679. The van der Waals surface area contributed by atoms with Crippen LogP contribution in [-0.2, 0) is 11.3 Å². The summed E-state index contributed by atoms with van der Waals surface area (Å²) in [6.07, 6.45) is 0. The third-order valence-electron chi connectivity index (χ3n) is 2.77. The molecule has 6 heteroatoms. The molecule has 0 saturated heterocycles. The van der Waals surface area contributed by atoms with Crippen LogP contribution in [0.5, 0.6) is 5.75 Å². The van der Waals surface area contributed by atoms with Crippen LogP contribution in [0.3, 0.4) is 0 Å². The molecule has 6 nitrogen and oxygen atoms in total. The lowest BCUT2D eigenvalue weighted by atomic mass is 10.3. The number of nitrogens with zero attached hydrogens (tertiary/aromatic N) is 2. The van der Waals surface area contributed by atoms with Crippen LogP contribution in [0.15, 0.2) is 34.9 Å². The van der Waals surface area contributed by atoms with Crippen LogP contribution in [-0.4, -0.2) is 29.6 Å². The van der Waals surface area contributed by atoms with Gasteiger partial charge in [0.1, 0.15) is 17.2 Å². The Balaban J connectivity index is 1.87. The minimum Gasteiger partial charge on any atom is -0.482 e. The molecular formula is C14H17N3O3. The Labute approximate surface area is 117 Å². The molecule has 0 fully saturated rings. The summed E-state index contributed by atoms with van der Waals surface area (Å²) in [7, 11) is 1.68. The van der Waals surface area contributed by atoms with E-state index in [9.17, 15) is 4.79 Å². The number of likely N-dealkylation sites (N-methyl/N-ethyl adjacent to an activating group) is 1. The molecule has 0 atom stereocenters. The first-order valence-corrected chi connectivity index (χ1v) is 6.19. The van der Waals surface area contributed by atoms with Crippen LogP contribution >= 0.6 is 0 Å². The van der Waals surface area contributed by atoms with E-state index in [1.807, 2.05) is 6.07 Å². The Kier molecular flexibility index (Phi) is 4.24. The maximum absolute atomic E-state index is 11.9. The topological polar surface area (TPSA) is 81.6 Å². The van der Waals surface area contributed by atoms with Crippen molar-refractivity contribution in [2.75, 3.05) is 19.4 Å². The van der Waals surface area contributed by atoms with Crippen molar-refractivity contribution < 1.29 is 14.1 Å². The molecule has 0 bridgehead atoms. The Morgan fingerprint density at radius 3 is 2.85 bits per heavy atom. The summed E-state index contributed by atoms with van der Waals surface area (Å²) in [6, 6.07) is 8.85. The monoisotopic (exact) mass is 275 g/mol. The summed E-state index contributed by atoms with van der Waals surface area (Å²) >= 11 is 0. The van der Waals surface area contributed by atoms with Crippen molar-refractivity contribution in [2.45, 2.75) is 13.5 Å². The quantitative estimate of drug-likeness (QED) is 0.838. The Morgan fingerprint density at radius 2 is 2.20 bits per heavy atom. The number of aryl methyl sites for hydroxylation is 1. The lowest BCUT2D eigenvalue weighted by Crippen LogP contribution is -2.31. The van der Waals surface area contributed by atoms with Crippen LogP contribution in [0.4, 0.5) is 5.69 Å². The molecule has 1 aromatic carbocycles. The van der Waals surface area contributed by atoms with Gasteiger partial charge in [0.15, 0.2) is 6.61 Å². The number of hydrogen-bond donors (Lipinski definition) is 1. The molecule has 0 spiro atoms. The van der Waals surface area contributed by atoms with Crippen molar-refractivity contribution in [3.05, 3.63) is 41.8 Å². The van der Waals surface area contributed by atoms with Crippen LogP contribution in [0.2, 0.25) is 0 Å². The fourth-order valence-electron chi connectivity index (χ4n) is 1.69. The summed E-state index contributed by atoms with van der Waals surface area (Å²) in [5.41, 5.74) is 6.95. The van der Waals surface area contributed by atoms with E-state index >= 15 is 0 Å². The first-order chi connectivity index (χ1) is 9.56. The summed E-state index contributed by atoms with van der Waals surface area (Å²) in [5, 5.41) is 3.84. The number of para-hydroxylation sites is 2. The van der Waals surface area contributed by atoms with E-state index in [0.717, 1.165) is 0 Å². The van der Waals surface area contributed by atoms with Gasteiger partial charge in [-0.25, -0.2) is 0 Å². The average molecular weight is 275 g/mol. The van der Waals surface area contributed by atoms with E-state index in [4.69, 9.17) is 15.0 Å². The largest absolute Gasteiger partial charge is 0.482 e. The number of amides is 1. The zero-order valence-corrected chi connectivity index (χ0v) is 11.5. The third-order valence-corrected chi connectivity index (χ3v) is 2.77. The van der Waals surface area contributed by atoms with Crippen LogP contribution < -0.4 is 10.5 Å². The molecule has 20 heavy (non-hydrogen) atoms. The number of ether oxygens (including phenoxy) is 1. The molecule has 1 heterocycles. The Morgan fingerprint density at radius 1 is 1.45 bits per heavy atom. The molecule has 0 aliphatic heterocycles. The number of carbonyl (C=O) groups excluding carboxylic acids is 1. The fourth-order valence-corrected chi connectivity index (χ4v) is 1.69. The number of rotatable bonds is 5. The maximum Gasteiger partial charge on any atom is 0.260 e. The van der Waals surface area contributed by atoms with E-state index in [1.165, 1.54) is 4.90 Å². The van der Waals surface area contributed by atoms with Gasteiger partial charge in [-0.15, -0.1) is 0 Å². The minimum atomic E-state index is -0.158. The molecule has 0 saturated carbocycles. The highest BCUT2D eigenvalue weighted by Gasteiger charge is 2.12. The highest BCUT2D eigenvalue weighted by Crippen LogP contribution is 2.19. The van der Waals surface area contributed by atoms with Gasteiger partial charge in [0, 0.05) is 13.1 Å². The van der Waals surface area contributed by atoms with Gasteiger partial charge in [-0.3, -0.25) is 4.79 Å². The van der Waals surface area contributed by atoms with E-state index in [2.05, 4.69) is 5.16 Å². The summed E-state index contributed by atoms with van der Waals surface area (Å²) in [5.74, 6) is 1.06. The average Bonchev–Trinajstić information content (AvgIpc) is 2.82. The molecule has 0 aliphatic carbocycles. The van der Waals surface area contributed by atoms with Gasteiger partial charge in [-0.05, 0) is 19.1 Å². The first kappa shape index (κ1) is 13.9. The highest BCUT2D eigenvalue weighted by atomic mass is 16.5. The lowest BCUT2D eigenvalue weighted by molar-refractivity contribution is -0.132. The molecule has 2 N–H and O–H groups in total. The summed E-state index contributed by atoms with van der Waals surface area (Å²) in [6.45, 7) is 2.12. The van der Waals surface area contributed by atoms with Gasteiger partial charge >= 0.3 is 0 Å². The SMILES string of the molecule is Cc1cc(CN(C)C(=O)COc2ccccc2N)no1. The molecule has 2 rings (SSSR count). The van der Waals surface area contributed by atoms with E-state index < -0.39 is 0 Å². The molecule has 1 amide bonds. The predicted molar refractivity (Wildman–Crippen MR) is 74.1 cm³/mol. The number of nitrogen functional groups attached to an aromatic ring is 1. The molecule has 106 valence electrons. The number of benzene rings is 1. The van der Waals surface area contributed by atoms with E-state index in [0.29, 0.717) is 29.4 Å². The maximum atomic E-state index is 11.9. The normalized spacial score (nSPS) is 10.3. The third kappa shape index (κ3) is 3.50. The standard InChI is InChI=1S/C14H17N3O3/c1-10-7-11(16-20-10)8-17(2)14(18)9-19-13-6-4-3-5-12(13)15/h3-7H,8-9,15H2,1-2H3. The van der Waals surface area contributed by atoms with Gasteiger partial charge < -0.3 is 19.9 Å². The van der Waals surface area contributed by atoms with Crippen LogP contribution in [0.25, 0.3) is 0 Å². The second kappa shape index (κ2) is 6.10. The van der Waals surface area contributed by atoms with E-state index in [1.54, 1.807) is 38.2 Å². The van der Waals surface area contributed by atoms with Gasteiger partial charge in [0.05, 0.1) is 12.2 Å². The zero-order valence-electron chi connectivity index (χ0n) is 11.5. The zero-order chi connectivity index (χ0) is 14.5. The van der Waals surface area contributed by atoms with Crippen molar-refractivity contribution >= 4 is 11.6 Å². The van der Waals surface area contributed by atoms with Crippen molar-refractivity contribution in [3.63, 3.8) is 0 Å². The van der Waals surface area contributed by atoms with Gasteiger partial charge in [-0.2, -0.15) is 0 Å². The van der Waals surface area contributed by atoms with Crippen molar-refractivity contribution in [1.29, 1.82) is 0 Å². The summed E-state index contributed by atoms with van der Waals surface area (Å²) < 4.78 is 10.4. The van der Waals surface area contributed by atoms with Crippen molar-refractivity contribution in [3.8, 4) is 5.75 Å². The fraction of sp³-hybridized carbons (Fsp3) is 0.286. The molecule has 0 aliphatic rings. The Bertz CT molecular complexity index is 595. The number of aromatic nitrogens is 1. The molecule has 1 aromatic heterocycles. The van der Waals surface area contributed by atoms with Crippen LogP contribution in [0, 0.1) is 6.92 Å². The predicted octanol–water partition coefficient (Wildman–Crippen LogP) is 1.60.